The molecule has 1 aliphatic heterocycles. The molecule has 1 fully saturated rings. The minimum atomic E-state index is -0.667. The highest BCUT2D eigenvalue weighted by atomic mass is 16.2. The number of hydrogen-bond acceptors (Lipinski definition) is 3. The van der Waals surface area contributed by atoms with E-state index in [1.807, 2.05) is 79.0 Å². The summed E-state index contributed by atoms with van der Waals surface area (Å²) in [5, 5.41) is 4.27. The average Bonchev–Trinajstić information content (AvgIpc) is 3.33. The number of nitrogens with one attached hydrogen (secondary N) is 2. The Balaban J connectivity index is 1.39. The van der Waals surface area contributed by atoms with Crippen molar-refractivity contribution in [1.82, 2.24) is 10.3 Å². The van der Waals surface area contributed by atoms with Crippen LogP contribution in [0, 0.1) is 0 Å². The van der Waals surface area contributed by atoms with Crippen molar-refractivity contribution in [2.45, 2.75) is 50.6 Å². The molecule has 2 N–H and O–H groups in total. The third-order valence-electron chi connectivity index (χ3n) is 7.69. The summed E-state index contributed by atoms with van der Waals surface area (Å²) in [5.74, 6) is -0.276. The van der Waals surface area contributed by atoms with E-state index < -0.39 is 6.04 Å². The SMILES string of the molecule is O=C(CN1C(=O)[C@@H](Cc2c[nH]c3ccccc23)N=C(c2ccccc2)c2ccccc21)NC1CCCCC1. The molecule has 6 heteroatoms. The number of carbonyl (C=O) groups excluding carboxylic acids is 2. The Bertz CT molecular complexity index is 1480. The van der Waals surface area contributed by atoms with Gasteiger partial charge >= 0.3 is 0 Å². The fraction of sp³-hybridized carbons (Fsp3) is 0.281. The van der Waals surface area contributed by atoms with Crippen LogP contribution >= 0.6 is 0 Å². The van der Waals surface area contributed by atoms with E-state index in [0.29, 0.717) is 6.42 Å². The minimum Gasteiger partial charge on any atom is -0.361 e. The predicted molar refractivity (Wildman–Crippen MR) is 152 cm³/mol. The van der Waals surface area contributed by atoms with Gasteiger partial charge in [0.05, 0.1) is 11.4 Å². The van der Waals surface area contributed by atoms with E-state index in [4.69, 9.17) is 4.99 Å². The van der Waals surface area contributed by atoms with Crippen molar-refractivity contribution in [3.8, 4) is 0 Å². The minimum absolute atomic E-state index is 0.0195. The van der Waals surface area contributed by atoms with Crippen LogP contribution in [0.5, 0.6) is 0 Å². The number of rotatable bonds is 6. The van der Waals surface area contributed by atoms with Gasteiger partial charge in [-0.25, -0.2) is 0 Å². The topological polar surface area (TPSA) is 77.6 Å². The highest BCUT2D eigenvalue weighted by molar-refractivity contribution is 6.20. The van der Waals surface area contributed by atoms with E-state index in [1.165, 1.54) is 6.42 Å². The van der Waals surface area contributed by atoms with Crippen molar-refractivity contribution in [2.75, 3.05) is 11.4 Å². The number of benzene rings is 3. The molecule has 0 saturated heterocycles. The third-order valence-corrected chi connectivity index (χ3v) is 7.69. The first kappa shape index (κ1) is 24.2. The van der Waals surface area contributed by atoms with Crippen LogP contribution in [0.4, 0.5) is 5.69 Å². The first-order valence-electron chi connectivity index (χ1n) is 13.6. The van der Waals surface area contributed by atoms with E-state index in [1.54, 1.807) is 4.90 Å². The molecule has 6 rings (SSSR count). The van der Waals surface area contributed by atoms with Crippen LogP contribution < -0.4 is 10.2 Å². The van der Waals surface area contributed by atoms with Crippen LogP contribution in [-0.2, 0) is 16.0 Å². The molecule has 0 spiro atoms. The maximum absolute atomic E-state index is 14.2. The molecule has 6 nitrogen and oxygen atoms in total. The van der Waals surface area contributed by atoms with Gasteiger partial charge in [0.25, 0.3) is 5.91 Å². The average molecular weight is 505 g/mol. The van der Waals surface area contributed by atoms with Crippen molar-refractivity contribution < 1.29 is 9.59 Å². The van der Waals surface area contributed by atoms with Gasteiger partial charge in [-0.15, -0.1) is 0 Å². The fourth-order valence-corrected chi connectivity index (χ4v) is 5.78. The van der Waals surface area contributed by atoms with Crippen LogP contribution in [0.25, 0.3) is 10.9 Å². The lowest BCUT2D eigenvalue weighted by atomic mass is 9.95. The molecule has 4 aromatic rings. The summed E-state index contributed by atoms with van der Waals surface area (Å²) < 4.78 is 0. The Morgan fingerprint density at radius 2 is 1.66 bits per heavy atom. The second-order valence-corrected chi connectivity index (χ2v) is 10.3. The molecule has 2 aliphatic rings. The second-order valence-electron chi connectivity index (χ2n) is 10.3. The first-order valence-corrected chi connectivity index (χ1v) is 13.6. The molecule has 0 unspecified atom stereocenters. The van der Waals surface area contributed by atoms with Crippen molar-refractivity contribution in [1.29, 1.82) is 0 Å². The Kier molecular flexibility index (Phi) is 6.78. The number of aromatic amines is 1. The number of anilines is 1. The van der Waals surface area contributed by atoms with Crippen molar-refractivity contribution in [2.24, 2.45) is 4.99 Å². The molecule has 1 aromatic heterocycles. The van der Waals surface area contributed by atoms with Gasteiger partial charge in [0.15, 0.2) is 0 Å². The summed E-state index contributed by atoms with van der Waals surface area (Å²) in [6.45, 7) is -0.0195. The standard InChI is InChI=1S/C32H32N4O2/c37-30(34-24-13-5-2-6-14-24)21-36-29-18-10-8-16-26(29)31(22-11-3-1-4-12-22)35-28(32(36)38)19-23-20-33-27-17-9-7-15-25(23)27/h1,3-4,7-12,15-18,20,24,28,33H,2,5-6,13-14,19,21H2,(H,34,37)/t28-/m1/s1. The van der Waals surface area contributed by atoms with Crippen LogP contribution in [0.1, 0.15) is 48.8 Å². The lowest BCUT2D eigenvalue weighted by molar-refractivity contribution is -0.124. The monoisotopic (exact) mass is 504 g/mol. The highest BCUT2D eigenvalue weighted by Crippen LogP contribution is 2.30. The van der Waals surface area contributed by atoms with Gasteiger partial charge in [-0.3, -0.25) is 14.6 Å². The molecule has 38 heavy (non-hydrogen) atoms. The smallest absolute Gasteiger partial charge is 0.252 e. The first-order chi connectivity index (χ1) is 18.7. The molecule has 1 saturated carbocycles. The zero-order valence-corrected chi connectivity index (χ0v) is 21.4. The molecule has 0 radical (unpaired) electrons. The van der Waals surface area contributed by atoms with Gasteiger partial charge < -0.3 is 15.2 Å². The molecule has 3 aromatic carbocycles. The number of para-hydroxylation sites is 2. The van der Waals surface area contributed by atoms with Crippen LogP contribution in [0.2, 0.25) is 0 Å². The van der Waals surface area contributed by atoms with E-state index in [9.17, 15) is 9.59 Å². The number of hydrogen-bond donors (Lipinski definition) is 2. The van der Waals surface area contributed by atoms with Crippen LogP contribution in [0.3, 0.4) is 0 Å². The van der Waals surface area contributed by atoms with E-state index >= 15 is 0 Å². The Morgan fingerprint density at radius 3 is 2.50 bits per heavy atom. The number of H-pyrrole nitrogens is 1. The largest absolute Gasteiger partial charge is 0.361 e. The van der Waals surface area contributed by atoms with Gasteiger partial charge in [-0.05, 0) is 30.5 Å². The zero-order chi connectivity index (χ0) is 25.9. The van der Waals surface area contributed by atoms with Crippen LogP contribution in [0.15, 0.2) is 90.1 Å². The molecular formula is C32H32N4O2. The number of benzodiazepines with no additional fused rings is 1. The third kappa shape index (κ3) is 4.86. The quantitative estimate of drug-likeness (QED) is 0.368. The summed E-state index contributed by atoms with van der Waals surface area (Å²) in [6.07, 6.45) is 7.90. The number of aliphatic imine (C=N–C) groups is 1. The Morgan fingerprint density at radius 1 is 0.921 bits per heavy atom. The van der Waals surface area contributed by atoms with Crippen molar-refractivity contribution >= 4 is 34.1 Å². The highest BCUT2D eigenvalue weighted by Gasteiger charge is 2.34. The Labute approximate surface area is 222 Å². The molecule has 1 aliphatic carbocycles. The van der Waals surface area contributed by atoms with Crippen molar-refractivity contribution in [3.63, 3.8) is 0 Å². The van der Waals surface area contributed by atoms with E-state index in [0.717, 1.165) is 64.7 Å². The summed E-state index contributed by atoms with van der Waals surface area (Å²) in [4.78, 5) is 37.5. The molecule has 192 valence electrons. The van der Waals surface area contributed by atoms with Gasteiger partial charge in [0.2, 0.25) is 5.91 Å². The number of amides is 2. The lowest BCUT2D eigenvalue weighted by Crippen LogP contribution is -2.47. The van der Waals surface area contributed by atoms with Crippen LogP contribution in [-0.4, -0.2) is 41.1 Å². The number of aromatic nitrogens is 1. The summed E-state index contributed by atoms with van der Waals surface area (Å²) in [5.41, 5.74) is 5.37. The van der Waals surface area contributed by atoms with Gasteiger partial charge in [-0.2, -0.15) is 0 Å². The molecular weight excluding hydrogens is 472 g/mol. The maximum Gasteiger partial charge on any atom is 0.252 e. The summed E-state index contributed by atoms with van der Waals surface area (Å²) >= 11 is 0. The van der Waals surface area contributed by atoms with E-state index in [-0.39, 0.29) is 24.4 Å². The molecule has 0 bridgehead atoms. The zero-order valence-electron chi connectivity index (χ0n) is 21.4. The van der Waals surface area contributed by atoms with E-state index in [2.05, 4.69) is 16.4 Å². The Hall–Kier alpha value is -4.19. The number of nitrogens with zero attached hydrogens (tertiary/aromatic N) is 2. The summed E-state index contributed by atoms with van der Waals surface area (Å²) in [7, 11) is 0. The lowest BCUT2D eigenvalue weighted by Gasteiger charge is -2.27. The fourth-order valence-electron chi connectivity index (χ4n) is 5.78. The van der Waals surface area contributed by atoms with Gasteiger partial charge in [-0.1, -0.05) is 86.0 Å². The maximum atomic E-state index is 14.2. The van der Waals surface area contributed by atoms with Gasteiger partial charge in [0, 0.05) is 40.7 Å². The normalized spacial score (nSPS) is 18.1. The van der Waals surface area contributed by atoms with Crippen molar-refractivity contribution in [3.05, 3.63) is 102 Å². The molecule has 2 amide bonds. The summed E-state index contributed by atoms with van der Waals surface area (Å²) in [6, 6.07) is 25.4. The second kappa shape index (κ2) is 10.7. The number of fused-ring (bicyclic) bond motifs is 2. The molecule has 1 atom stereocenters. The van der Waals surface area contributed by atoms with Gasteiger partial charge in [0.1, 0.15) is 12.6 Å². The number of carbonyl (C=O) groups is 2. The molecule has 2 heterocycles. The predicted octanol–water partition coefficient (Wildman–Crippen LogP) is 5.41.